The Bertz CT molecular complexity index is 488. The Balaban J connectivity index is 0. The van der Waals surface area contributed by atoms with Gasteiger partial charge in [-0.1, -0.05) is 57.2 Å². The van der Waals surface area contributed by atoms with Crippen LogP contribution < -0.4 is 34.7 Å². The van der Waals surface area contributed by atoms with Gasteiger partial charge in [0.1, 0.15) is 0 Å². The third kappa shape index (κ3) is 14.5. The van der Waals surface area contributed by atoms with Crippen molar-refractivity contribution in [3.63, 3.8) is 0 Å². The van der Waals surface area contributed by atoms with Crippen molar-refractivity contribution in [1.29, 1.82) is 0 Å². The van der Waals surface area contributed by atoms with E-state index in [1.54, 1.807) is 18.2 Å². The van der Waals surface area contributed by atoms with Crippen molar-refractivity contribution in [2.24, 2.45) is 0 Å². The van der Waals surface area contributed by atoms with E-state index in [4.69, 9.17) is 4.55 Å². The zero-order chi connectivity index (χ0) is 16.1. The van der Waals surface area contributed by atoms with Crippen molar-refractivity contribution in [3.8, 4) is 0 Å². The number of unbranched alkanes of at least 4 members (excludes halogenated alkanes) is 5. The number of carboxylic acids is 1. The summed E-state index contributed by atoms with van der Waals surface area (Å²) >= 11 is 0. The average Bonchev–Trinajstić information content (AvgIpc) is 2.43. The molecule has 0 atom stereocenters. The van der Waals surface area contributed by atoms with Gasteiger partial charge in [-0.2, -0.15) is 8.42 Å². The molecule has 0 aromatic heterocycles. The molecule has 7 heteroatoms. The Kier molecular flexibility index (Phi) is 15.4. The van der Waals surface area contributed by atoms with Crippen molar-refractivity contribution in [2.45, 2.75) is 56.8 Å². The fraction of sp³-hybridized carbons (Fsp3) is 0.533. The molecule has 22 heavy (non-hydrogen) atoms. The molecule has 5 nitrogen and oxygen atoms in total. The average molecular weight is 338 g/mol. The van der Waals surface area contributed by atoms with Crippen LogP contribution in [0, 0.1) is 0 Å². The van der Waals surface area contributed by atoms with Gasteiger partial charge in [0.25, 0.3) is 10.1 Å². The summed E-state index contributed by atoms with van der Waals surface area (Å²) in [7, 11) is -4.00. The minimum Gasteiger partial charge on any atom is -0.550 e. The van der Waals surface area contributed by atoms with Crippen molar-refractivity contribution in [3.05, 3.63) is 30.3 Å². The third-order valence-corrected chi connectivity index (χ3v) is 3.64. The standard InChI is InChI=1S/C9H18O2.C6H6O3S.Na/c1-2-3-4-5-6-7-8-9(10)11;7-10(8,9)6-4-2-1-3-5-6;/h2-8H2,1H3,(H,10,11);1-5H,(H,7,8,9);/q;;+1/p-1. The number of carbonyl (C=O) groups excluding carboxylic acids is 1. The van der Waals surface area contributed by atoms with Crippen LogP contribution in [0.5, 0.6) is 0 Å². The number of carboxylic acid groups (broad SMARTS) is 1. The predicted octanol–water partition coefficient (Wildman–Crippen LogP) is -0.576. The van der Waals surface area contributed by atoms with E-state index in [0.717, 1.165) is 12.8 Å². The number of hydrogen-bond donors (Lipinski definition) is 1. The summed E-state index contributed by atoms with van der Waals surface area (Å²) < 4.78 is 29.2. The molecule has 0 heterocycles. The summed E-state index contributed by atoms with van der Waals surface area (Å²) in [4.78, 5) is 9.90. The van der Waals surface area contributed by atoms with E-state index >= 15 is 0 Å². The molecule has 0 bridgehead atoms. The Morgan fingerprint density at radius 3 is 1.95 bits per heavy atom. The molecule has 0 fully saturated rings. The molecule has 0 aliphatic rings. The number of aliphatic carboxylic acids is 1. The molecule has 0 amide bonds. The number of carbonyl (C=O) groups is 1. The maximum absolute atomic E-state index is 10.4. The molecular weight excluding hydrogens is 315 g/mol. The SMILES string of the molecule is CCCCCCCCC(=O)[O-].O=S(=O)(O)c1ccccc1.[Na+]. The molecule has 0 unspecified atom stereocenters. The maximum Gasteiger partial charge on any atom is 1.00 e. The second-order valence-corrected chi connectivity index (χ2v) is 6.10. The van der Waals surface area contributed by atoms with Crippen LogP contribution in [0.1, 0.15) is 51.9 Å². The van der Waals surface area contributed by atoms with E-state index in [9.17, 15) is 18.3 Å². The Hall–Kier alpha value is -0.400. The zero-order valence-electron chi connectivity index (χ0n) is 13.3. The summed E-state index contributed by atoms with van der Waals surface area (Å²) in [5, 5.41) is 9.98. The van der Waals surface area contributed by atoms with Crippen molar-refractivity contribution >= 4 is 16.1 Å². The summed E-state index contributed by atoms with van der Waals surface area (Å²) in [6.07, 6.45) is 6.96. The largest absolute Gasteiger partial charge is 1.00 e. The fourth-order valence-corrected chi connectivity index (χ4v) is 2.14. The van der Waals surface area contributed by atoms with Crippen LogP contribution in [0.2, 0.25) is 0 Å². The van der Waals surface area contributed by atoms with Crippen molar-refractivity contribution < 1.29 is 52.4 Å². The van der Waals surface area contributed by atoms with E-state index < -0.39 is 16.1 Å². The van der Waals surface area contributed by atoms with Crippen LogP contribution in [-0.2, 0) is 14.9 Å². The second-order valence-electron chi connectivity index (χ2n) is 4.68. The Labute approximate surface area is 155 Å². The van der Waals surface area contributed by atoms with Crippen LogP contribution in [0.25, 0.3) is 0 Å². The zero-order valence-corrected chi connectivity index (χ0v) is 16.1. The summed E-state index contributed by atoms with van der Waals surface area (Å²) in [6.45, 7) is 2.17. The second kappa shape index (κ2) is 14.2. The quantitative estimate of drug-likeness (QED) is 0.389. The van der Waals surface area contributed by atoms with E-state index in [1.165, 1.54) is 37.8 Å². The van der Waals surface area contributed by atoms with Crippen molar-refractivity contribution in [2.75, 3.05) is 0 Å². The molecular formula is C15H23NaO5S. The molecule has 1 aromatic carbocycles. The maximum atomic E-state index is 10.4. The minimum atomic E-state index is -4.00. The first kappa shape index (κ1) is 23.9. The smallest absolute Gasteiger partial charge is 0.550 e. The number of benzene rings is 1. The Morgan fingerprint density at radius 1 is 1.05 bits per heavy atom. The van der Waals surface area contributed by atoms with E-state index in [-0.39, 0.29) is 40.9 Å². The van der Waals surface area contributed by atoms with Gasteiger partial charge in [-0.25, -0.2) is 0 Å². The monoisotopic (exact) mass is 338 g/mol. The minimum absolute atomic E-state index is 0. The van der Waals surface area contributed by atoms with Gasteiger partial charge in [0.15, 0.2) is 0 Å². The van der Waals surface area contributed by atoms with Gasteiger partial charge >= 0.3 is 29.6 Å². The van der Waals surface area contributed by atoms with E-state index in [0.29, 0.717) is 0 Å². The van der Waals surface area contributed by atoms with Gasteiger partial charge in [0.2, 0.25) is 0 Å². The topological polar surface area (TPSA) is 94.5 Å². The van der Waals surface area contributed by atoms with Crippen LogP contribution in [0.4, 0.5) is 0 Å². The van der Waals surface area contributed by atoms with Gasteiger partial charge in [-0.15, -0.1) is 0 Å². The molecule has 0 spiro atoms. The van der Waals surface area contributed by atoms with E-state index in [1.807, 2.05) is 0 Å². The number of hydrogen-bond acceptors (Lipinski definition) is 4. The molecule has 1 aromatic rings. The Morgan fingerprint density at radius 2 is 1.55 bits per heavy atom. The molecule has 1 N–H and O–H groups in total. The molecule has 120 valence electrons. The summed E-state index contributed by atoms with van der Waals surface area (Å²) in [5.41, 5.74) is 0. The summed E-state index contributed by atoms with van der Waals surface area (Å²) in [5.74, 6) is -0.916. The summed E-state index contributed by atoms with van der Waals surface area (Å²) in [6, 6.07) is 7.42. The molecule has 0 radical (unpaired) electrons. The van der Waals surface area contributed by atoms with Gasteiger partial charge in [-0.3, -0.25) is 4.55 Å². The van der Waals surface area contributed by atoms with Gasteiger partial charge in [0, 0.05) is 5.97 Å². The predicted molar refractivity (Wildman–Crippen MR) is 79.3 cm³/mol. The van der Waals surface area contributed by atoms with Gasteiger partial charge < -0.3 is 9.90 Å². The van der Waals surface area contributed by atoms with Gasteiger partial charge in [0.05, 0.1) is 4.90 Å². The van der Waals surface area contributed by atoms with Gasteiger partial charge in [-0.05, 0) is 25.0 Å². The van der Waals surface area contributed by atoms with E-state index in [2.05, 4.69) is 6.92 Å². The van der Waals surface area contributed by atoms with Crippen LogP contribution in [0.3, 0.4) is 0 Å². The molecule has 0 aliphatic heterocycles. The first-order valence-electron chi connectivity index (χ1n) is 7.10. The van der Waals surface area contributed by atoms with Crippen LogP contribution in [-0.4, -0.2) is 18.9 Å². The first-order chi connectivity index (χ1) is 9.88. The third-order valence-electron chi connectivity index (χ3n) is 2.78. The molecule has 0 saturated carbocycles. The van der Waals surface area contributed by atoms with Crippen molar-refractivity contribution in [1.82, 2.24) is 0 Å². The fourth-order valence-electron chi connectivity index (χ4n) is 1.64. The molecule has 0 aliphatic carbocycles. The molecule has 1 rings (SSSR count). The normalized spacial score (nSPS) is 10.1. The molecule has 0 saturated heterocycles. The van der Waals surface area contributed by atoms with Crippen LogP contribution in [0.15, 0.2) is 35.2 Å². The first-order valence-corrected chi connectivity index (χ1v) is 8.54. The number of rotatable bonds is 8. The van der Waals surface area contributed by atoms with Crippen LogP contribution >= 0.6 is 0 Å².